The van der Waals surface area contributed by atoms with Crippen LogP contribution in [0, 0.1) is 11.3 Å². The Balaban J connectivity index is 1.94. The van der Waals surface area contributed by atoms with Crippen molar-refractivity contribution in [1.82, 2.24) is 0 Å². The SMILES string of the molecule is COc1ccc([C@H]2C(C#N)=C(N)N(c3ccc(Cl)cc3)C3=C2C(=O)CCC3)cc1OC. The number of nitriles is 1. The van der Waals surface area contributed by atoms with Crippen molar-refractivity contribution in [3.8, 4) is 17.6 Å². The Morgan fingerprint density at radius 3 is 2.45 bits per heavy atom. The number of carbonyl (C=O) groups is 1. The van der Waals surface area contributed by atoms with Crippen molar-refractivity contribution < 1.29 is 14.3 Å². The van der Waals surface area contributed by atoms with Gasteiger partial charge in [-0.15, -0.1) is 0 Å². The lowest BCUT2D eigenvalue weighted by Gasteiger charge is -2.39. The Hall–Kier alpha value is -3.43. The molecule has 6 nitrogen and oxygen atoms in total. The van der Waals surface area contributed by atoms with Gasteiger partial charge < -0.3 is 15.2 Å². The van der Waals surface area contributed by atoms with Gasteiger partial charge in [0.2, 0.25) is 0 Å². The van der Waals surface area contributed by atoms with E-state index in [1.807, 2.05) is 23.1 Å². The monoisotopic (exact) mass is 435 g/mol. The van der Waals surface area contributed by atoms with Crippen LogP contribution in [0.4, 0.5) is 5.69 Å². The average molecular weight is 436 g/mol. The molecule has 0 unspecified atom stereocenters. The van der Waals surface area contributed by atoms with Crippen LogP contribution in [0.1, 0.15) is 30.7 Å². The highest BCUT2D eigenvalue weighted by atomic mass is 35.5. The van der Waals surface area contributed by atoms with Crippen molar-refractivity contribution in [1.29, 1.82) is 5.26 Å². The van der Waals surface area contributed by atoms with Crippen LogP contribution in [0.3, 0.4) is 0 Å². The minimum atomic E-state index is -0.559. The summed E-state index contributed by atoms with van der Waals surface area (Å²) in [7, 11) is 3.11. The standard InChI is InChI=1S/C24H22ClN3O3/c1-30-20-11-6-14(12-21(20)31-2)22-17(13-26)24(27)28(16-9-7-15(25)8-10-16)18-4-3-5-19(29)23(18)22/h6-12,22H,3-5,27H2,1-2H3/t22-/m0/s1. The van der Waals surface area contributed by atoms with Gasteiger partial charge in [-0.1, -0.05) is 17.7 Å². The second-order valence-electron chi connectivity index (χ2n) is 7.41. The number of anilines is 1. The minimum Gasteiger partial charge on any atom is -0.493 e. The van der Waals surface area contributed by atoms with Gasteiger partial charge in [-0.3, -0.25) is 9.69 Å². The number of halogens is 1. The maximum Gasteiger partial charge on any atom is 0.161 e. The van der Waals surface area contributed by atoms with E-state index in [0.717, 1.165) is 23.4 Å². The minimum absolute atomic E-state index is 0.0280. The van der Waals surface area contributed by atoms with Gasteiger partial charge in [0.05, 0.1) is 31.8 Å². The summed E-state index contributed by atoms with van der Waals surface area (Å²) in [5.41, 5.74) is 9.85. The maximum absolute atomic E-state index is 13.2. The zero-order valence-corrected chi connectivity index (χ0v) is 18.1. The molecule has 0 fully saturated rings. The van der Waals surface area contributed by atoms with E-state index in [0.29, 0.717) is 46.3 Å². The molecule has 31 heavy (non-hydrogen) atoms. The fraction of sp³-hybridized carbons (Fsp3) is 0.250. The number of nitrogens with zero attached hydrogens (tertiary/aromatic N) is 2. The molecule has 1 aliphatic heterocycles. The quantitative estimate of drug-likeness (QED) is 0.751. The number of hydrogen-bond donors (Lipinski definition) is 1. The molecule has 0 aromatic heterocycles. The molecule has 2 aliphatic rings. The lowest BCUT2D eigenvalue weighted by atomic mass is 9.75. The van der Waals surface area contributed by atoms with Gasteiger partial charge in [-0.25, -0.2) is 0 Å². The first-order valence-corrected chi connectivity index (χ1v) is 10.3. The molecule has 7 heteroatoms. The third-order valence-electron chi connectivity index (χ3n) is 5.74. The van der Waals surface area contributed by atoms with Crippen LogP contribution in [-0.2, 0) is 4.79 Å². The summed E-state index contributed by atoms with van der Waals surface area (Å²) in [4.78, 5) is 15.0. The highest BCUT2D eigenvalue weighted by Gasteiger charge is 2.40. The third kappa shape index (κ3) is 3.51. The summed E-state index contributed by atoms with van der Waals surface area (Å²) in [5, 5.41) is 10.7. The number of methoxy groups -OCH3 is 2. The van der Waals surface area contributed by atoms with Gasteiger partial charge in [0, 0.05) is 28.4 Å². The number of nitrogens with two attached hydrogens (primary N) is 1. The number of allylic oxidation sites excluding steroid dienone is 3. The molecule has 2 aromatic rings. The molecular formula is C24H22ClN3O3. The molecule has 0 bridgehead atoms. The van der Waals surface area contributed by atoms with Crippen LogP contribution in [0.2, 0.25) is 5.02 Å². The van der Waals surface area contributed by atoms with Gasteiger partial charge in [0.1, 0.15) is 5.82 Å². The number of ketones is 1. The topological polar surface area (TPSA) is 88.6 Å². The molecular weight excluding hydrogens is 414 g/mol. The Morgan fingerprint density at radius 2 is 1.81 bits per heavy atom. The summed E-state index contributed by atoms with van der Waals surface area (Å²) in [5.74, 6) is 0.889. The van der Waals surface area contributed by atoms with E-state index < -0.39 is 5.92 Å². The first-order chi connectivity index (χ1) is 15.0. The van der Waals surface area contributed by atoms with Crippen LogP contribution in [0.25, 0.3) is 0 Å². The zero-order chi connectivity index (χ0) is 22.1. The van der Waals surface area contributed by atoms with E-state index in [4.69, 9.17) is 26.8 Å². The molecule has 0 saturated carbocycles. The summed E-state index contributed by atoms with van der Waals surface area (Å²) in [6.07, 6.45) is 1.86. The van der Waals surface area contributed by atoms with Crippen molar-refractivity contribution in [3.05, 3.63) is 75.7 Å². The lowest BCUT2D eigenvalue weighted by molar-refractivity contribution is -0.116. The molecule has 0 spiro atoms. The smallest absolute Gasteiger partial charge is 0.161 e. The molecule has 1 heterocycles. The van der Waals surface area contributed by atoms with Crippen LogP contribution in [0.5, 0.6) is 11.5 Å². The fourth-order valence-electron chi connectivity index (χ4n) is 4.34. The Morgan fingerprint density at radius 1 is 1.10 bits per heavy atom. The fourth-order valence-corrected chi connectivity index (χ4v) is 4.46. The molecule has 1 aliphatic carbocycles. The van der Waals surface area contributed by atoms with Crippen molar-refractivity contribution in [3.63, 3.8) is 0 Å². The normalized spacial score (nSPS) is 18.6. The van der Waals surface area contributed by atoms with Crippen LogP contribution in [-0.4, -0.2) is 20.0 Å². The van der Waals surface area contributed by atoms with E-state index in [1.165, 1.54) is 0 Å². The Bertz CT molecular complexity index is 1150. The molecule has 0 saturated heterocycles. The van der Waals surface area contributed by atoms with Gasteiger partial charge >= 0.3 is 0 Å². The predicted molar refractivity (Wildman–Crippen MR) is 119 cm³/mol. The van der Waals surface area contributed by atoms with E-state index in [9.17, 15) is 10.1 Å². The van der Waals surface area contributed by atoms with Crippen LogP contribution < -0.4 is 20.1 Å². The van der Waals surface area contributed by atoms with Crippen molar-refractivity contribution in [2.24, 2.45) is 5.73 Å². The first kappa shape index (κ1) is 20.8. The second kappa shape index (κ2) is 8.37. The summed E-state index contributed by atoms with van der Waals surface area (Å²) >= 11 is 6.06. The van der Waals surface area contributed by atoms with Gasteiger partial charge in [-0.05, 0) is 54.8 Å². The van der Waals surface area contributed by atoms with Crippen molar-refractivity contribution in [2.75, 3.05) is 19.1 Å². The average Bonchev–Trinajstić information content (AvgIpc) is 2.79. The summed E-state index contributed by atoms with van der Waals surface area (Å²) in [6.45, 7) is 0. The summed E-state index contributed by atoms with van der Waals surface area (Å²) in [6, 6.07) is 14.9. The second-order valence-corrected chi connectivity index (χ2v) is 7.84. The molecule has 2 aromatic carbocycles. The number of Topliss-reactive ketones (excluding diaryl/α,β-unsaturated/α-hetero) is 1. The van der Waals surface area contributed by atoms with E-state index >= 15 is 0 Å². The van der Waals surface area contributed by atoms with Crippen LogP contribution in [0.15, 0.2) is 65.1 Å². The molecule has 0 amide bonds. The Kier molecular flexibility index (Phi) is 5.62. The zero-order valence-electron chi connectivity index (χ0n) is 17.3. The lowest BCUT2D eigenvalue weighted by Crippen LogP contribution is -2.38. The number of carbonyl (C=O) groups excluding carboxylic acids is 1. The molecule has 1 atom stereocenters. The van der Waals surface area contributed by atoms with Crippen molar-refractivity contribution >= 4 is 23.1 Å². The maximum atomic E-state index is 13.2. The number of rotatable bonds is 4. The Labute approximate surface area is 186 Å². The number of ether oxygens (including phenoxy) is 2. The van der Waals surface area contributed by atoms with Gasteiger partial charge in [-0.2, -0.15) is 5.26 Å². The third-order valence-corrected chi connectivity index (χ3v) is 5.99. The number of hydrogen-bond acceptors (Lipinski definition) is 6. The molecule has 2 N–H and O–H groups in total. The molecule has 158 valence electrons. The summed E-state index contributed by atoms with van der Waals surface area (Å²) < 4.78 is 10.8. The molecule has 0 radical (unpaired) electrons. The predicted octanol–water partition coefficient (Wildman–Crippen LogP) is 4.66. The van der Waals surface area contributed by atoms with E-state index in [2.05, 4.69) is 6.07 Å². The van der Waals surface area contributed by atoms with Crippen molar-refractivity contribution in [2.45, 2.75) is 25.2 Å². The van der Waals surface area contributed by atoms with E-state index in [-0.39, 0.29) is 5.78 Å². The first-order valence-electron chi connectivity index (χ1n) is 9.93. The van der Waals surface area contributed by atoms with E-state index in [1.54, 1.807) is 38.5 Å². The highest BCUT2D eigenvalue weighted by molar-refractivity contribution is 6.30. The van der Waals surface area contributed by atoms with Crippen LogP contribution >= 0.6 is 11.6 Å². The largest absolute Gasteiger partial charge is 0.493 e. The van der Waals surface area contributed by atoms with Gasteiger partial charge in [0.15, 0.2) is 17.3 Å². The van der Waals surface area contributed by atoms with Gasteiger partial charge in [0.25, 0.3) is 0 Å². The number of benzene rings is 2. The molecule has 4 rings (SSSR count). The highest BCUT2D eigenvalue weighted by Crippen LogP contribution is 2.47.